The number of hydrogen-bond donors (Lipinski definition) is 0. The Labute approximate surface area is 104 Å². The van der Waals surface area contributed by atoms with Gasteiger partial charge in [0.25, 0.3) is 0 Å². The Bertz CT molecular complexity index is 387. The summed E-state index contributed by atoms with van der Waals surface area (Å²) in [5.74, 6) is -2.41. The molecule has 0 bridgehead atoms. The van der Waals surface area contributed by atoms with Gasteiger partial charge in [0.2, 0.25) is 5.92 Å². The van der Waals surface area contributed by atoms with E-state index in [1.165, 1.54) is 6.33 Å². The van der Waals surface area contributed by atoms with E-state index in [0.717, 1.165) is 6.92 Å². The van der Waals surface area contributed by atoms with Crippen molar-refractivity contribution in [3.05, 3.63) is 17.5 Å². The Morgan fingerprint density at radius 2 is 2.00 bits per heavy atom. The predicted octanol–water partition coefficient (Wildman–Crippen LogP) is 3.00. The van der Waals surface area contributed by atoms with Crippen LogP contribution in [-0.4, -0.2) is 29.0 Å². The average Bonchev–Trinajstić information content (AvgIpc) is 2.28. The van der Waals surface area contributed by atoms with Crippen molar-refractivity contribution in [3.63, 3.8) is 0 Å². The van der Waals surface area contributed by atoms with Gasteiger partial charge in [0, 0.05) is 25.1 Å². The van der Waals surface area contributed by atoms with Crippen LogP contribution in [0.25, 0.3) is 0 Å². The number of nitrogens with zero attached hydrogens (tertiary/aromatic N) is 3. The third-order valence-corrected chi connectivity index (χ3v) is 3.36. The number of piperidine rings is 1. The van der Waals surface area contributed by atoms with Crippen LogP contribution in [0.2, 0.25) is 5.15 Å². The van der Waals surface area contributed by atoms with E-state index in [1.807, 2.05) is 4.90 Å². The van der Waals surface area contributed by atoms with E-state index in [9.17, 15) is 8.78 Å². The second kappa shape index (κ2) is 4.72. The van der Waals surface area contributed by atoms with Crippen LogP contribution in [0.3, 0.4) is 0 Å². The molecule has 0 N–H and O–H groups in total. The molecule has 0 aliphatic carbocycles. The molecule has 0 saturated carbocycles. The third kappa shape index (κ3) is 3.03. The Balaban J connectivity index is 2.00. The topological polar surface area (TPSA) is 29.0 Å². The van der Waals surface area contributed by atoms with Crippen molar-refractivity contribution in [1.29, 1.82) is 0 Å². The summed E-state index contributed by atoms with van der Waals surface area (Å²) < 4.78 is 26.3. The van der Waals surface area contributed by atoms with Gasteiger partial charge in [-0.05, 0) is 19.8 Å². The highest BCUT2D eigenvalue weighted by Gasteiger charge is 2.36. The molecule has 2 heterocycles. The third-order valence-electron chi connectivity index (χ3n) is 3.16. The molecule has 0 amide bonds. The van der Waals surface area contributed by atoms with Gasteiger partial charge >= 0.3 is 0 Å². The van der Waals surface area contributed by atoms with Crippen molar-refractivity contribution in [2.24, 2.45) is 5.92 Å². The minimum Gasteiger partial charge on any atom is -0.356 e. The van der Waals surface area contributed by atoms with E-state index in [-0.39, 0.29) is 0 Å². The van der Waals surface area contributed by atoms with E-state index in [2.05, 4.69) is 9.97 Å². The van der Waals surface area contributed by atoms with Gasteiger partial charge in [-0.2, -0.15) is 0 Å². The van der Waals surface area contributed by atoms with Gasteiger partial charge in [0.1, 0.15) is 17.3 Å². The molecule has 2 rings (SSSR count). The Kier molecular flexibility index (Phi) is 3.47. The van der Waals surface area contributed by atoms with Gasteiger partial charge in [0.15, 0.2) is 0 Å². The first-order chi connectivity index (χ1) is 7.97. The van der Waals surface area contributed by atoms with Gasteiger partial charge in [-0.3, -0.25) is 0 Å². The molecule has 17 heavy (non-hydrogen) atoms. The molecule has 0 spiro atoms. The molecule has 1 aromatic heterocycles. The lowest BCUT2D eigenvalue weighted by Gasteiger charge is -2.35. The summed E-state index contributed by atoms with van der Waals surface area (Å²) in [5.41, 5.74) is 0. The van der Waals surface area contributed by atoms with Crippen LogP contribution in [-0.2, 0) is 0 Å². The lowest BCUT2D eigenvalue weighted by atomic mass is 9.91. The Hall–Kier alpha value is -0.970. The van der Waals surface area contributed by atoms with E-state index in [0.29, 0.717) is 36.9 Å². The number of hydrogen-bond acceptors (Lipinski definition) is 3. The highest BCUT2D eigenvalue weighted by atomic mass is 35.5. The molecular formula is C11H14ClF2N3. The molecule has 6 heteroatoms. The van der Waals surface area contributed by atoms with E-state index in [1.54, 1.807) is 6.07 Å². The summed E-state index contributed by atoms with van der Waals surface area (Å²) in [6.07, 6.45) is 2.34. The molecule has 1 aromatic rings. The van der Waals surface area contributed by atoms with Crippen molar-refractivity contribution >= 4 is 17.4 Å². The molecular weight excluding hydrogens is 248 g/mol. The minimum absolute atomic E-state index is 0.373. The Morgan fingerprint density at radius 3 is 2.53 bits per heavy atom. The van der Waals surface area contributed by atoms with Crippen LogP contribution in [0, 0.1) is 5.92 Å². The van der Waals surface area contributed by atoms with Crippen molar-refractivity contribution < 1.29 is 8.78 Å². The molecule has 1 fully saturated rings. The second-order valence-corrected chi connectivity index (χ2v) is 4.80. The fourth-order valence-electron chi connectivity index (χ4n) is 2.11. The zero-order valence-corrected chi connectivity index (χ0v) is 10.3. The van der Waals surface area contributed by atoms with Crippen LogP contribution in [0.5, 0.6) is 0 Å². The maximum atomic E-state index is 13.1. The van der Waals surface area contributed by atoms with Crippen molar-refractivity contribution in [1.82, 2.24) is 9.97 Å². The molecule has 94 valence electrons. The van der Waals surface area contributed by atoms with Crippen molar-refractivity contribution in [2.75, 3.05) is 18.0 Å². The minimum atomic E-state index is -2.59. The number of aromatic nitrogens is 2. The van der Waals surface area contributed by atoms with Crippen LogP contribution < -0.4 is 4.90 Å². The fourth-order valence-corrected chi connectivity index (χ4v) is 2.25. The van der Waals surface area contributed by atoms with Crippen LogP contribution in [0.1, 0.15) is 19.8 Å². The maximum absolute atomic E-state index is 13.1. The smallest absolute Gasteiger partial charge is 0.248 e. The summed E-state index contributed by atoms with van der Waals surface area (Å²) in [4.78, 5) is 9.86. The zero-order valence-electron chi connectivity index (χ0n) is 9.54. The number of rotatable bonds is 2. The first-order valence-corrected chi connectivity index (χ1v) is 5.95. The molecule has 1 aliphatic rings. The van der Waals surface area contributed by atoms with E-state index >= 15 is 0 Å². The van der Waals surface area contributed by atoms with Gasteiger partial charge < -0.3 is 4.90 Å². The van der Waals surface area contributed by atoms with Gasteiger partial charge in [-0.15, -0.1) is 0 Å². The highest BCUT2D eigenvalue weighted by Crippen LogP contribution is 2.33. The largest absolute Gasteiger partial charge is 0.356 e. The van der Waals surface area contributed by atoms with Crippen LogP contribution in [0.4, 0.5) is 14.6 Å². The molecule has 0 aromatic carbocycles. The Morgan fingerprint density at radius 1 is 1.35 bits per heavy atom. The van der Waals surface area contributed by atoms with Gasteiger partial charge in [0.05, 0.1) is 0 Å². The fraction of sp³-hybridized carbons (Fsp3) is 0.636. The van der Waals surface area contributed by atoms with Crippen LogP contribution >= 0.6 is 11.6 Å². The summed E-state index contributed by atoms with van der Waals surface area (Å²) in [7, 11) is 0. The quantitative estimate of drug-likeness (QED) is 0.767. The van der Waals surface area contributed by atoms with Crippen molar-refractivity contribution in [2.45, 2.75) is 25.7 Å². The number of anilines is 1. The molecule has 3 nitrogen and oxygen atoms in total. The summed E-state index contributed by atoms with van der Waals surface area (Å²) in [6.45, 7) is 2.16. The van der Waals surface area contributed by atoms with E-state index in [4.69, 9.17) is 11.6 Å². The predicted molar refractivity (Wildman–Crippen MR) is 62.6 cm³/mol. The average molecular weight is 262 g/mol. The first kappa shape index (κ1) is 12.5. The first-order valence-electron chi connectivity index (χ1n) is 5.57. The second-order valence-electron chi connectivity index (χ2n) is 4.42. The summed E-state index contributed by atoms with van der Waals surface area (Å²) >= 11 is 5.77. The molecule has 1 aliphatic heterocycles. The lowest BCUT2D eigenvalue weighted by molar-refractivity contribution is -0.0482. The summed E-state index contributed by atoms with van der Waals surface area (Å²) in [5, 5.41) is 0.373. The maximum Gasteiger partial charge on any atom is 0.248 e. The standard InChI is InChI=1S/C11H14ClF2N3/c1-11(13,14)8-2-4-17(5-3-8)10-6-9(12)15-7-16-10/h6-8H,2-5H2,1H3. The van der Waals surface area contributed by atoms with Crippen molar-refractivity contribution in [3.8, 4) is 0 Å². The SMILES string of the molecule is CC(F)(F)C1CCN(c2cc(Cl)ncn2)CC1. The molecule has 0 radical (unpaired) electrons. The van der Waals surface area contributed by atoms with Gasteiger partial charge in [-0.25, -0.2) is 18.7 Å². The zero-order chi connectivity index (χ0) is 12.5. The monoisotopic (exact) mass is 261 g/mol. The van der Waals surface area contributed by atoms with Gasteiger partial charge in [-0.1, -0.05) is 11.6 Å². The molecule has 0 atom stereocenters. The normalized spacial score (nSPS) is 18.5. The molecule has 0 unspecified atom stereocenters. The van der Waals surface area contributed by atoms with E-state index < -0.39 is 11.8 Å². The highest BCUT2D eigenvalue weighted by molar-refractivity contribution is 6.29. The summed E-state index contributed by atoms with van der Waals surface area (Å²) in [6, 6.07) is 1.66. The lowest BCUT2D eigenvalue weighted by Crippen LogP contribution is -2.39. The molecule has 1 saturated heterocycles. The number of halogens is 3. The number of alkyl halides is 2. The van der Waals surface area contributed by atoms with Crippen LogP contribution in [0.15, 0.2) is 12.4 Å².